The summed E-state index contributed by atoms with van der Waals surface area (Å²) < 4.78 is 23.4. The number of rotatable bonds is 4. The van der Waals surface area contributed by atoms with Gasteiger partial charge in [0, 0.05) is 6.42 Å². The summed E-state index contributed by atoms with van der Waals surface area (Å²) in [6, 6.07) is 6.42. The number of nitrogens with zero attached hydrogens (tertiary/aromatic N) is 2. The van der Waals surface area contributed by atoms with Gasteiger partial charge in [-0.25, -0.2) is 4.39 Å². The minimum Gasteiger partial charge on any atom is -0.468 e. The number of esters is 1. The standard InChI is InChI=1S/C14H13FN2O3/c1-19-13(18)14(6-7-14)12-16-11(17-20-12)8-9-4-2-3-5-10(9)15/h2-5H,6-8H2,1H3. The van der Waals surface area contributed by atoms with E-state index in [0.29, 0.717) is 24.2 Å². The van der Waals surface area contributed by atoms with Gasteiger partial charge in [-0.3, -0.25) is 4.79 Å². The summed E-state index contributed by atoms with van der Waals surface area (Å²) in [6.07, 6.45) is 1.51. The monoisotopic (exact) mass is 276 g/mol. The van der Waals surface area contributed by atoms with Crippen LogP contribution in [-0.4, -0.2) is 23.2 Å². The third-order valence-electron chi connectivity index (χ3n) is 3.51. The van der Waals surface area contributed by atoms with Crippen LogP contribution in [0.4, 0.5) is 4.39 Å². The van der Waals surface area contributed by atoms with Gasteiger partial charge in [0.15, 0.2) is 5.82 Å². The van der Waals surface area contributed by atoms with Crippen LogP contribution in [-0.2, 0) is 21.4 Å². The van der Waals surface area contributed by atoms with Crippen molar-refractivity contribution in [2.24, 2.45) is 0 Å². The van der Waals surface area contributed by atoms with Crippen molar-refractivity contribution >= 4 is 5.97 Å². The molecule has 0 N–H and O–H groups in total. The minimum absolute atomic E-state index is 0.230. The molecule has 6 heteroatoms. The van der Waals surface area contributed by atoms with Crippen LogP contribution in [0.5, 0.6) is 0 Å². The average Bonchev–Trinajstić information content (AvgIpc) is 3.14. The zero-order valence-corrected chi connectivity index (χ0v) is 10.9. The van der Waals surface area contributed by atoms with E-state index in [-0.39, 0.29) is 24.1 Å². The van der Waals surface area contributed by atoms with Crippen molar-refractivity contribution in [3.05, 3.63) is 47.4 Å². The second-order valence-electron chi connectivity index (χ2n) is 4.86. The van der Waals surface area contributed by atoms with Crippen LogP contribution in [0.2, 0.25) is 0 Å². The SMILES string of the molecule is COC(=O)C1(c2nc(Cc3ccccc3F)no2)CC1. The predicted octanol–water partition coefficient (Wildman–Crippen LogP) is 2.00. The van der Waals surface area contributed by atoms with Crippen LogP contribution < -0.4 is 0 Å². The van der Waals surface area contributed by atoms with Gasteiger partial charge in [0.1, 0.15) is 11.2 Å². The van der Waals surface area contributed by atoms with Crippen LogP contribution in [0.15, 0.2) is 28.8 Å². The molecule has 1 aromatic heterocycles. The Morgan fingerprint density at radius 3 is 2.85 bits per heavy atom. The molecule has 0 unspecified atom stereocenters. The largest absolute Gasteiger partial charge is 0.468 e. The molecule has 0 atom stereocenters. The predicted molar refractivity (Wildman–Crippen MR) is 66.4 cm³/mol. The first-order valence-corrected chi connectivity index (χ1v) is 6.30. The number of hydrogen-bond acceptors (Lipinski definition) is 5. The first-order valence-electron chi connectivity index (χ1n) is 6.30. The summed E-state index contributed by atoms with van der Waals surface area (Å²) in [5, 5.41) is 3.82. The second kappa shape index (κ2) is 4.70. The maximum Gasteiger partial charge on any atom is 0.321 e. The number of halogens is 1. The van der Waals surface area contributed by atoms with E-state index in [2.05, 4.69) is 10.1 Å². The lowest BCUT2D eigenvalue weighted by Crippen LogP contribution is -2.22. The molecule has 1 aliphatic carbocycles. The number of hydrogen-bond donors (Lipinski definition) is 0. The summed E-state index contributed by atoms with van der Waals surface area (Å²) in [5.74, 6) is -0.0532. The van der Waals surface area contributed by atoms with E-state index in [1.54, 1.807) is 18.2 Å². The Morgan fingerprint density at radius 1 is 1.45 bits per heavy atom. The number of carbonyl (C=O) groups excluding carboxylic acids is 1. The molecule has 1 aliphatic rings. The van der Waals surface area contributed by atoms with E-state index in [9.17, 15) is 9.18 Å². The zero-order valence-electron chi connectivity index (χ0n) is 10.9. The Kier molecular flexibility index (Phi) is 3.00. The van der Waals surface area contributed by atoms with Crippen LogP contribution in [0.3, 0.4) is 0 Å². The molecule has 1 heterocycles. The first kappa shape index (κ1) is 12.8. The smallest absolute Gasteiger partial charge is 0.321 e. The highest BCUT2D eigenvalue weighted by molar-refractivity contribution is 5.85. The maximum atomic E-state index is 13.6. The van der Waals surface area contributed by atoms with Crippen molar-refractivity contribution in [3.8, 4) is 0 Å². The topological polar surface area (TPSA) is 65.2 Å². The highest BCUT2D eigenvalue weighted by atomic mass is 19.1. The van der Waals surface area contributed by atoms with E-state index >= 15 is 0 Å². The van der Waals surface area contributed by atoms with Gasteiger partial charge < -0.3 is 9.26 Å². The second-order valence-corrected chi connectivity index (χ2v) is 4.86. The molecule has 20 heavy (non-hydrogen) atoms. The Labute approximate surface area is 114 Å². The Bertz CT molecular complexity index is 649. The number of methoxy groups -OCH3 is 1. The minimum atomic E-state index is -0.783. The highest BCUT2D eigenvalue weighted by Crippen LogP contribution is 2.48. The van der Waals surface area contributed by atoms with Gasteiger partial charge in [0.25, 0.3) is 0 Å². The summed E-state index contributed by atoms with van der Waals surface area (Å²) >= 11 is 0. The summed E-state index contributed by atoms with van der Waals surface area (Å²) in [5.41, 5.74) is -0.294. The normalized spacial score (nSPS) is 15.9. The molecule has 0 amide bonds. The van der Waals surface area contributed by atoms with Gasteiger partial charge in [0.2, 0.25) is 5.89 Å². The van der Waals surface area contributed by atoms with E-state index < -0.39 is 5.41 Å². The molecule has 0 saturated heterocycles. The van der Waals surface area contributed by atoms with E-state index in [0.717, 1.165) is 0 Å². The third kappa shape index (κ3) is 2.07. The van der Waals surface area contributed by atoms with Crippen molar-refractivity contribution in [3.63, 3.8) is 0 Å². The highest BCUT2D eigenvalue weighted by Gasteiger charge is 2.57. The summed E-state index contributed by atoms with van der Waals surface area (Å²) in [6.45, 7) is 0. The van der Waals surface area contributed by atoms with Crippen LogP contribution >= 0.6 is 0 Å². The lowest BCUT2D eigenvalue weighted by atomic mass is 10.1. The number of carbonyl (C=O) groups is 1. The molecule has 3 rings (SSSR count). The molecular formula is C14H13FN2O3. The van der Waals surface area contributed by atoms with Crippen molar-refractivity contribution in [1.29, 1.82) is 0 Å². The summed E-state index contributed by atoms with van der Waals surface area (Å²) in [4.78, 5) is 15.9. The van der Waals surface area contributed by atoms with Crippen LogP contribution in [0.1, 0.15) is 30.1 Å². The van der Waals surface area contributed by atoms with Gasteiger partial charge in [-0.1, -0.05) is 23.4 Å². The fraction of sp³-hybridized carbons (Fsp3) is 0.357. The van der Waals surface area contributed by atoms with Crippen molar-refractivity contribution < 1.29 is 18.4 Å². The number of benzene rings is 1. The quantitative estimate of drug-likeness (QED) is 0.799. The fourth-order valence-corrected chi connectivity index (χ4v) is 2.16. The van der Waals surface area contributed by atoms with E-state index in [1.807, 2.05) is 0 Å². The molecule has 0 spiro atoms. The third-order valence-corrected chi connectivity index (χ3v) is 3.51. The van der Waals surface area contributed by atoms with Crippen molar-refractivity contribution in [2.75, 3.05) is 7.11 Å². The van der Waals surface area contributed by atoms with Gasteiger partial charge in [-0.05, 0) is 24.5 Å². The van der Waals surface area contributed by atoms with Gasteiger partial charge in [-0.15, -0.1) is 0 Å². The lowest BCUT2D eigenvalue weighted by molar-refractivity contribution is -0.144. The molecular weight excluding hydrogens is 263 g/mol. The zero-order chi connectivity index (χ0) is 14.2. The van der Waals surface area contributed by atoms with Gasteiger partial charge >= 0.3 is 5.97 Å². The van der Waals surface area contributed by atoms with Crippen molar-refractivity contribution in [1.82, 2.24) is 10.1 Å². The summed E-state index contributed by atoms with van der Waals surface area (Å²) in [7, 11) is 1.33. The Morgan fingerprint density at radius 2 is 2.20 bits per heavy atom. The molecule has 0 aliphatic heterocycles. The molecule has 0 radical (unpaired) electrons. The Balaban J connectivity index is 1.82. The number of aromatic nitrogens is 2. The first-order chi connectivity index (χ1) is 9.65. The molecule has 104 valence electrons. The van der Waals surface area contributed by atoms with E-state index in [1.165, 1.54) is 13.2 Å². The van der Waals surface area contributed by atoms with Crippen LogP contribution in [0, 0.1) is 5.82 Å². The molecule has 1 fully saturated rings. The number of ether oxygens (including phenoxy) is 1. The van der Waals surface area contributed by atoms with E-state index in [4.69, 9.17) is 9.26 Å². The fourth-order valence-electron chi connectivity index (χ4n) is 2.16. The van der Waals surface area contributed by atoms with Crippen LogP contribution in [0.25, 0.3) is 0 Å². The Hall–Kier alpha value is -2.24. The molecule has 1 aromatic carbocycles. The molecule has 1 saturated carbocycles. The van der Waals surface area contributed by atoms with Gasteiger partial charge in [-0.2, -0.15) is 4.98 Å². The van der Waals surface area contributed by atoms with Crippen molar-refractivity contribution in [2.45, 2.75) is 24.7 Å². The molecule has 2 aromatic rings. The molecule has 5 nitrogen and oxygen atoms in total. The van der Waals surface area contributed by atoms with Gasteiger partial charge in [0.05, 0.1) is 7.11 Å². The maximum absolute atomic E-state index is 13.6. The average molecular weight is 276 g/mol. The lowest BCUT2D eigenvalue weighted by Gasteiger charge is -2.05. The molecule has 0 bridgehead atoms.